The van der Waals surface area contributed by atoms with Gasteiger partial charge in [0.25, 0.3) is 11.8 Å². The molecule has 9 heteroatoms. The quantitative estimate of drug-likeness (QED) is 0.766. The van der Waals surface area contributed by atoms with Crippen molar-refractivity contribution in [1.29, 1.82) is 0 Å². The number of amides is 2. The van der Waals surface area contributed by atoms with E-state index in [1.165, 1.54) is 19.4 Å². The fourth-order valence-corrected chi connectivity index (χ4v) is 5.75. The summed E-state index contributed by atoms with van der Waals surface area (Å²) >= 11 is 0. The van der Waals surface area contributed by atoms with Crippen LogP contribution in [0.1, 0.15) is 52.6 Å². The fourth-order valence-electron chi connectivity index (χ4n) is 5.75. The van der Waals surface area contributed by atoms with Crippen LogP contribution >= 0.6 is 0 Å². The van der Waals surface area contributed by atoms with E-state index >= 15 is 0 Å². The summed E-state index contributed by atoms with van der Waals surface area (Å²) in [7, 11) is 1.30. The van der Waals surface area contributed by atoms with Crippen LogP contribution in [-0.4, -0.2) is 40.5 Å². The Hall–Kier alpha value is -3.23. The summed E-state index contributed by atoms with van der Waals surface area (Å²) in [4.78, 5) is 41.2. The van der Waals surface area contributed by atoms with E-state index < -0.39 is 23.0 Å². The zero-order chi connectivity index (χ0) is 23.4. The Morgan fingerprint density at radius 1 is 1.18 bits per heavy atom. The van der Waals surface area contributed by atoms with Gasteiger partial charge in [-0.15, -0.1) is 0 Å². The van der Waals surface area contributed by atoms with Crippen LogP contribution in [0.5, 0.6) is 5.75 Å². The number of aromatic nitrogens is 1. The Balaban J connectivity index is 1.46. The van der Waals surface area contributed by atoms with Crippen molar-refractivity contribution in [3.8, 4) is 5.75 Å². The van der Waals surface area contributed by atoms with Gasteiger partial charge in [0.1, 0.15) is 17.2 Å². The van der Waals surface area contributed by atoms with Crippen LogP contribution in [0.3, 0.4) is 0 Å². The highest BCUT2D eigenvalue weighted by molar-refractivity contribution is 5.99. The minimum atomic E-state index is -0.790. The first-order valence-electron chi connectivity index (χ1n) is 11.1. The monoisotopic (exact) mass is 457 g/mol. The number of carbonyl (C=O) groups excluding carboxylic acids is 2. The molecule has 1 saturated carbocycles. The fraction of sp³-hybridized carbons (Fsp3) is 0.458. The predicted molar refractivity (Wildman–Crippen MR) is 115 cm³/mol. The number of hydrogen-bond acceptors (Lipinski definition) is 4. The van der Waals surface area contributed by atoms with Gasteiger partial charge in [-0.05, 0) is 37.2 Å². The average Bonchev–Trinajstić information content (AvgIpc) is 3.06. The van der Waals surface area contributed by atoms with Crippen molar-refractivity contribution in [3.63, 3.8) is 0 Å². The molecule has 1 unspecified atom stereocenters. The summed E-state index contributed by atoms with van der Waals surface area (Å²) in [6.07, 6.45) is 4.23. The molecule has 0 radical (unpaired) electrons. The molecule has 7 nitrogen and oxygen atoms in total. The highest BCUT2D eigenvalue weighted by atomic mass is 19.1. The molecule has 3 aliphatic rings. The lowest BCUT2D eigenvalue weighted by atomic mass is 9.87. The third kappa shape index (κ3) is 3.50. The van der Waals surface area contributed by atoms with Gasteiger partial charge in [-0.25, -0.2) is 8.78 Å². The average molecular weight is 457 g/mol. The normalized spacial score (nSPS) is 25.5. The maximum atomic E-state index is 13.9. The lowest BCUT2D eigenvalue weighted by Crippen LogP contribution is -2.55. The second-order valence-corrected chi connectivity index (χ2v) is 9.29. The molecule has 1 N–H and O–H groups in total. The van der Waals surface area contributed by atoms with Gasteiger partial charge in [0.15, 0.2) is 11.4 Å². The molecule has 3 heterocycles. The molecule has 2 fully saturated rings. The minimum Gasteiger partial charge on any atom is -0.491 e. The Morgan fingerprint density at radius 3 is 2.67 bits per heavy atom. The molecule has 0 spiro atoms. The second kappa shape index (κ2) is 7.97. The molecule has 1 aromatic heterocycles. The van der Waals surface area contributed by atoms with Gasteiger partial charge in [-0.3, -0.25) is 14.4 Å². The predicted octanol–water partition coefficient (Wildman–Crippen LogP) is 2.71. The molecule has 2 bridgehead atoms. The Bertz CT molecular complexity index is 1210. The van der Waals surface area contributed by atoms with Gasteiger partial charge in [0, 0.05) is 37.0 Å². The third-order valence-electron chi connectivity index (χ3n) is 7.37. The topological polar surface area (TPSA) is 80.6 Å². The largest absolute Gasteiger partial charge is 0.491 e. The number of nitrogens with zero attached hydrogens (tertiary/aromatic N) is 2. The summed E-state index contributed by atoms with van der Waals surface area (Å²) < 4.78 is 34.0. The van der Waals surface area contributed by atoms with Crippen LogP contribution in [0.25, 0.3) is 0 Å². The van der Waals surface area contributed by atoms with Crippen LogP contribution in [0.15, 0.2) is 29.2 Å². The number of rotatable bonds is 4. The van der Waals surface area contributed by atoms with E-state index in [4.69, 9.17) is 4.74 Å². The van der Waals surface area contributed by atoms with Crippen molar-refractivity contribution >= 4 is 11.8 Å². The number of pyridine rings is 1. The van der Waals surface area contributed by atoms with Crippen molar-refractivity contribution in [2.45, 2.75) is 51.4 Å². The van der Waals surface area contributed by atoms with Crippen molar-refractivity contribution in [3.05, 3.63) is 63.1 Å². The first-order chi connectivity index (χ1) is 15.8. The first kappa shape index (κ1) is 21.6. The van der Waals surface area contributed by atoms with Gasteiger partial charge in [0.2, 0.25) is 5.43 Å². The Labute approximate surface area is 189 Å². The number of nitrogens with one attached hydrogen (secondary N) is 1. The first-order valence-corrected chi connectivity index (χ1v) is 11.1. The Kier molecular flexibility index (Phi) is 5.22. The number of piperidine rings is 1. The molecule has 2 amide bonds. The number of fused-ring (bicyclic) bond motifs is 5. The van der Waals surface area contributed by atoms with Crippen LogP contribution < -0.4 is 15.5 Å². The summed E-state index contributed by atoms with van der Waals surface area (Å²) in [5.41, 5.74) is -0.626. The van der Waals surface area contributed by atoms with Gasteiger partial charge in [0.05, 0.1) is 13.2 Å². The number of halogens is 2. The van der Waals surface area contributed by atoms with E-state index in [0.717, 1.165) is 31.4 Å². The molecule has 1 aliphatic carbocycles. The van der Waals surface area contributed by atoms with Crippen LogP contribution in [0.4, 0.5) is 8.78 Å². The number of benzene rings is 1. The molecule has 2 aliphatic heterocycles. The van der Waals surface area contributed by atoms with Crippen molar-refractivity contribution in [1.82, 2.24) is 14.8 Å². The smallest absolute Gasteiger partial charge is 0.275 e. The summed E-state index contributed by atoms with van der Waals surface area (Å²) in [6.45, 7) is 2.48. The lowest BCUT2D eigenvalue weighted by molar-refractivity contribution is 0.0335. The van der Waals surface area contributed by atoms with E-state index in [1.54, 1.807) is 4.57 Å². The van der Waals surface area contributed by atoms with Crippen LogP contribution in [-0.2, 0) is 13.1 Å². The van der Waals surface area contributed by atoms with E-state index in [1.807, 2.05) is 4.90 Å². The van der Waals surface area contributed by atoms with Gasteiger partial charge in [-0.1, -0.05) is 13.0 Å². The number of ether oxygens (including phenoxy) is 1. The standard InChI is InChI=1S/C24H25F2N3O4/c1-12-5-16-6-14(12)7-17-10-28-11-18(21(30)22(33-2)20(28)24(32)29(16)17)23(31)27-9-13-3-4-15(25)8-19(13)26/h3-4,8,11-12,14,16-17H,5-7,9-10H2,1-2H3,(H,27,31)/t12?,14-,16+,17-/m1/s1. The number of carbonyl (C=O) groups is 2. The highest BCUT2D eigenvalue weighted by Crippen LogP contribution is 2.46. The maximum Gasteiger partial charge on any atom is 0.275 e. The van der Waals surface area contributed by atoms with Gasteiger partial charge < -0.3 is 19.5 Å². The second-order valence-electron chi connectivity index (χ2n) is 9.29. The zero-order valence-electron chi connectivity index (χ0n) is 18.4. The Morgan fingerprint density at radius 2 is 1.94 bits per heavy atom. The molecule has 2 aromatic rings. The van der Waals surface area contributed by atoms with Gasteiger partial charge in [-0.2, -0.15) is 0 Å². The summed E-state index contributed by atoms with van der Waals surface area (Å²) in [5.74, 6) is -1.51. The third-order valence-corrected chi connectivity index (χ3v) is 7.37. The van der Waals surface area contributed by atoms with Crippen molar-refractivity contribution < 1.29 is 23.1 Å². The number of hydrogen-bond donors (Lipinski definition) is 1. The molecular weight excluding hydrogens is 432 g/mol. The molecular formula is C24H25F2N3O4. The molecule has 5 rings (SSSR count). The molecule has 4 atom stereocenters. The van der Waals surface area contributed by atoms with E-state index in [2.05, 4.69) is 12.2 Å². The summed E-state index contributed by atoms with van der Waals surface area (Å²) in [6, 6.07) is 3.23. The SMILES string of the molecule is COc1c2n(cc(C(=O)NCc3ccc(F)cc3F)c1=O)C[C@H]1C[C@H]3C[C@H](CC3C)N1C2=O. The molecule has 1 aromatic carbocycles. The molecule has 174 valence electrons. The number of methoxy groups -OCH3 is 1. The molecule has 1 saturated heterocycles. The zero-order valence-corrected chi connectivity index (χ0v) is 18.4. The lowest BCUT2D eigenvalue weighted by Gasteiger charge is -2.45. The highest BCUT2D eigenvalue weighted by Gasteiger charge is 2.49. The van der Waals surface area contributed by atoms with E-state index in [0.29, 0.717) is 18.4 Å². The van der Waals surface area contributed by atoms with Crippen LogP contribution in [0.2, 0.25) is 0 Å². The van der Waals surface area contributed by atoms with E-state index in [-0.39, 0.29) is 47.1 Å². The minimum absolute atomic E-state index is 0.00938. The maximum absolute atomic E-state index is 13.9. The van der Waals surface area contributed by atoms with Crippen molar-refractivity contribution in [2.75, 3.05) is 7.11 Å². The molecule has 33 heavy (non-hydrogen) atoms. The van der Waals surface area contributed by atoms with Gasteiger partial charge >= 0.3 is 0 Å². The summed E-state index contributed by atoms with van der Waals surface area (Å²) in [5, 5.41) is 2.51. The van der Waals surface area contributed by atoms with Crippen molar-refractivity contribution in [2.24, 2.45) is 11.8 Å². The van der Waals surface area contributed by atoms with Crippen LogP contribution in [0, 0.1) is 23.5 Å². The van der Waals surface area contributed by atoms with E-state index in [9.17, 15) is 23.2 Å².